The van der Waals surface area contributed by atoms with Gasteiger partial charge in [-0.05, 0) is 44.4 Å². The second-order valence-corrected chi connectivity index (χ2v) is 9.17. The van der Waals surface area contributed by atoms with Crippen LogP contribution in [0.2, 0.25) is 5.15 Å². The van der Waals surface area contributed by atoms with Crippen LogP contribution in [0.5, 0.6) is 5.75 Å². The number of methoxy groups -OCH3 is 1. The number of nitrogens with zero attached hydrogens (tertiary/aromatic N) is 5. The number of carbonyl (C=O) groups excluding carboxylic acids is 2. The molecule has 0 saturated carbocycles. The largest absolute Gasteiger partial charge is 0.496 e. The van der Waals surface area contributed by atoms with E-state index in [1.165, 1.54) is 4.90 Å². The number of imide groups is 1. The Kier molecular flexibility index (Phi) is 6.09. The van der Waals surface area contributed by atoms with Gasteiger partial charge in [0.25, 0.3) is 11.8 Å². The first kappa shape index (κ1) is 23.7. The second-order valence-electron chi connectivity index (χ2n) is 8.81. The summed E-state index contributed by atoms with van der Waals surface area (Å²) in [5.74, 6) is 0.351. The summed E-state index contributed by atoms with van der Waals surface area (Å²) < 4.78 is 7.50. The highest BCUT2D eigenvalue weighted by atomic mass is 35.5. The number of aromatic nitrogens is 4. The third-order valence-electron chi connectivity index (χ3n) is 6.54. The van der Waals surface area contributed by atoms with Gasteiger partial charge in [0.2, 0.25) is 5.95 Å². The molecule has 9 nitrogen and oxygen atoms in total. The normalized spacial score (nSPS) is 13.1. The van der Waals surface area contributed by atoms with Crippen molar-refractivity contribution in [3.05, 3.63) is 75.3 Å². The molecule has 2 amide bonds. The van der Waals surface area contributed by atoms with Gasteiger partial charge in [-0.3, -0.25) is 19.5 Å². The van der Waals surface area contributed by atoms with Gasteiger partial charge in [-0.1, -0.05) is 23.7 Å². The number of hydrogen-bond donors (Lipinski definition) is 1. The molecule has 0 radical (unpaired) electrons. The highest BCUT2D eigenvalue weighted by Crippen LogP contribution is 2.31. The monoisotopic (exact) mass is 504 g/mol. The molecule has 36 heavy (non-hydrogen) atoms. The van der Waals surface area contributed by atoms with Gasteiger partial charge in [0.05, 0.1) is 35.9 Å². The Hall–Kier alpha value is -3.98. The van der Waals surface area contributed by atoms with E-state index in [-0.39, 0.29) is 22.9 Å². The first-order valence-electron chi connectivity index (χ1n) is 11.5. The predicted octanol–water partition coefficient (Wildman–Crippen LogP) is 3.96. The number of amides is 2. The van der Waals surface area contributed by atoms with Gasteiger partial charge in [-0.25, -0.2) is 4.98 Å². The summed E-state index contributed by atoms with van der Waals surface area (Å²) in [6.45, 7) is 4.65. The van der Waals surface area contributed by atoms with Gasteiger partial charge < -0.3 is 15.0 Å². The minimum atomic E-state index is -0.262. The van der Waals surface area contributed by atoms with E-state index in [4.69, 9.17) is 22.1 Å². The molecule has 184 valence electrons. The summed E-state index contributed by atoms with van der Waals surface area (Å²) in [6.07, 6.45) is 4.86. The Labute approximate surface area is 212 Å². The number of rotatable bonds is 7. The summed E-state index contributed by atoms with van der Waals surface area (Å²) in [7, 11) is 1.64. The molecule has 4 heterocycles. The highest BCUT2D eigenvalue weighted by molar-refractivity contribution is 6.34. The molecule has 0 bridgehead atoms. The maximum Gasteiger partial charge on any atom is 0.261 e. The van der Waals surface area contributed by atoms with E-state index < -0.39 is 0 Å². The zero-order valence-electron chi connectivity index (χ0n) is 20.2. The summed E-state index contributed by atoms with van der Waals surface area (Å²) in [4.78, 5) is 39.9. The standard InChI is InChI=1S/C26H25ClN6O3/c1-14-11-29-19(15(2)21(14)36-3)13-32-12-16(20-22(27)30-26(28)31-23(20)32)7-6-10-33-24(34)17-8-4-5-9-18(17)25(33)35/h4-5,8-9,11-12H,6-7,10,13H2,1-3H3,(H2,28,30,31). The number of nitrogen functional groups attached to an aromatic ring is 1. The van der Waals surface area contributed by atoms with Crippen molar-refractivity contribution in [2.24, 2.45) is 0 Å². The van der Waals surface area contributed by atoms with E-state index in [1.54, 1.807) is 37.6 Å². The van der Waals surface area contributed by atoms with E-state index >= 15 is 0 Å². The summed E-state index contributed by atoms with van der Waals surface area (Å²) in [6, 6.07) is 6.88. The summed E-state index contributed by atoms with van der Waals surface area (Å²) in [5, 5.41) is 0.961. The number of benzene rings is 1. The van der Waals surface area contributed by atoms with Gasteiger partial charge in [0, 0.05) is 30.1 Å². The molecule has 10 heteroatoms. The van der Waals surface area contributed by atoms with E-state index in [0.717, 1.165) is 28.1 Å². The van der Waals surface area contributed by atoms with Crippen LogP contribution >= 0.6 is 11.6 Å². The number of ether oxygens (including phenoxy) is 1. The summed E-state index contributed by atoms with van der Waals surface area (Å²) >= 11 is 6.50. The van der Waals surface area contributed by atoms with E-state index in [0.29, 0.717) is 48.1 Å². The maximum absolute atomic E-state index is 12.7. The average Bonchev–Trinajstić information content (AvgIpc) is 3.31. The van der Waals surface area contributed by atoms with Crippen LogP contribution in [0.1, 0.15) is 49.5 Å². The lowest BCUT2D eigenvalue weighted by Crippen LogP contribution is -2.30. The van der Waals surface area contributed by atoms with Gasteiger partial charge in [-0.2, -0.15) is 4.98 Å². The van der Waals surface area contributed by atoms with E-state index in [9.17, 15) is 9.59 Å². The number of anilines is 1. The first-order chi connectivity index (χ1) is 17.3. The van der Waals surface area contributed by atoms with Crippen LogP contribution in [-0.4, -0.2) is 49.9 Å². The van der Waals surface area contributed by atoms with Crippen molar-refractivity contribution in [3.8, 4) is 5.75 Å². The quantitative estimate of drug-likeness (QED) is 0.299. The number of hydrogen-bond acceptors (Lipinski definition) is 7. The van der Waals surface area contributed by atoms with Crippen LogP contribution in [0, 0.1) is 13.8 Å². The molecule has 0 unspecified atom stereocenters. The lowest BCUT2D eigenvalue weighted by atomic mass is 10.1. The fourth-order valence-corrected chi connectivity index (χ4v) is 5.10. The van der Waals surface area contributed by atoms with Crippen molar-refractivity contribution in [3.63, 3.8) is 0 Å². The topological polar surface area (TPSA) is 116 Å². The van der Waals surface area contributed by atoms with Crippen molar-refractivity contribution >= 4 is 40.4 Å². The fourth-order valence-electron chi connectivity index (χ4n) is 4.81. The molecule has 1 aliphatic rings. The van der Waals surface area contributed by atoms with Gasteiger partial charge >= 0.3 is 0 Å². The molecule has 0 atom stereocenters. The smallest absolute Gasteiger partial charge is 0.261 e. The van der Waals surface area contributed by atoms with Crippen LogP contribution in [0.4, 0.5) is 5.95 Å². The predicted molar refractivity (Wildman–Crippen MR) is 136 cm³/mol. The Morgan fingerprint density at radius 2 is 1.78 bits per heavy atom. The number of carbonyl (C=O) groups is 2. The van der Waals surface area contributed by atoms with Crippen molar-refractivity contribution in [1.29, 1.82) is 0 Å². The highest BCUT2D eigenvalue weighted by Gasteiger charge is 2.34. The molecule has 3 aromatic heterocycles. The molecular weight excluding hydrogens is 480 g/mol. The van der Waals surface area contributed by atoms with Crippen LogP contribution < -0.4 is 10.5 Å². The zero-order chi connectivity index (χ0) is 25.6. The van der Waals surface area contributed by atoms with Crippen LogP contribution in [0.3, 0.4) is 0 Å². The first-order valence-corrected chi connectivity index (χ1v) is 11.9. The average molecular weight is 505 g/mol. The lowest BCUT2D eigenvalue weighted by molar-refractivity contribution is 0.0652. The number of fused-ring (bicyclic) bond motifs is 2. The Morgan fingerprint density at radius 3 is 2.44 bits per heavy atom. The van der Waals surface area contributed by atoms with Crippen LogP contribution in [-0.2, 0) is 13.0 Å². The third kappa shape index (κ3) is 3.95. The second kappa shape index (κ2) is 9.23. The SMILES string of the molecule is COc1c(C)cnc(Cn2cc(CCCN3C(=O)c4ccccc4C3=O)c3c(Cl)nc(N)nc32)c1C. The van der Waals surface area contributed by atoms with Crippen molar-refractivity contribution < 1.29 is 14.3 Å². The van der Waals surface area contributed by atoms with Gasteiger partial charge in [-0.15, -0.1) is 0 Å². The fraction of sp³-hybridized carbons (Fsp3) is 0.269. The molecule has 5 rings (SSSR count). The van der Waals surface area contributed by atoms with E-state index in [1.807, 2.05) is 24.6 Å². The third-order valence-corrected chi connectivity index (χ3v) is 6.82. The Morgan fingerprint density at radius 1 is 1.08 bits per heavy atom. The molecule has 1 aromatic carbocycles. The Balaban J connectivity index is 1.42. The van der Waals surface area contributed by atoms with E-state index in [2.05, 4.69) is 15.0 Å². The minimum absolute atomic E-state index is 0.0793. The molecule has 0 spiro atoms. The molecule has 4 aromatic rings. The molecule has 0 aliphatic carbocycles. The molecule has 0 fully saturated rings. The Bertz CT molecular complexity index is 1500. The summed E-state index contributed by atoms with van der Waals surface area (Å²) in [5.41, 5.74) is 11.0. The van der Waals surface area contributed by atoms with Gasteiger partial charge in [0.15, 0.2) is 0 Å². The van der Waals surface area contributed by atoms with Crippen molar-refractivity contribution in [2.75, 3.05) is 19.4 Å². The molecule has 1 aliphatic heterocycles. The zero-order valence-corrected chi connectivity index (χ0v) is 21.0. The lowest BCUT2D eigenvalue weighted by Gasteiger charge is -2.13. The van der Waals surface area contributed by atoms with Crippen LogP contribution in [0.15, 0.2) is 36.7 Å². The molecule has 2 N–H and O–H groups in total. The molecule has 0 saturated heterocycles. The van der Waals surface area contributed by atoms with Crippen molar-refractivity contribution in [2.45, 2.75) is 33.2 Å². The molecular formula is C26H25ClN6O3. The van der Waals surface area contributed by atoms with Crippen LogP contribution in [0.25, 0.3) is 11.0 Å². The maximum atomic E-state index is 12.7. The number of halogens is 1. The number of pyridine rings is 1. The van der Waals surface area contributed by atoms with Gasteiger partial charge in [0.1, 0.15) is 16.5 Å². The number of nitrogens with two attached hydrogens (primary N) is 1. The minimum Gasteiger partial charge on any atom is -0.496 e. The number of aryl methyl sites for hydroxylation is 2. The van der Waals surface area contributed by atoms with Crippen molar-refractivity contribution in [1.82, 2.24) is 24.4 Å².